The third-order valence-corrected chi connectivity index (χ3v) is 2.88. The number of anilines is 1. The average Bonchev–Trinajstić information content (AvgIpc) is 2.37. The molecule has 0 saturated carbocycles. The van der Waals surface area contributed by atoms with Crippen molar-refractivity contribution in [1.82, 2.24) is 5.32 Å². The summed E-state index contributed by atoms with van der Waals surface area (Å²) in [5.74, 6) is 0. The first-order valence-electron chi connectivity index (χ1n) is 5.97. The number of hydrogen-bond acceptors (Lipinski definition) is 2. The van der Waals surface area contributed by atoms with Crippen LogP contribution in [-0.2, 0) is 0 Å². The molecule has 1 unspecified atom stereocenters. The summed E-state index contributed by atoms with van der Waals surface area (Å²) < 4.78 is 0. The Balaban J connectivity index is 3.07. The zero-order valence-corrected chi connectivity index (χ0v) is 10.8. The van der Waals surface area contributed by atoms with Gasteiger partial charge in [0.15, 0.2) is 0 Å². The Morgan fingerprint density at radius 2 is 1.82 bits per heavy atom. The Kier molecular flexibility index (Phi) is 5.50. The Hall–Kier alpha value is -1.54. The number of para-hydroxylation sites is 1. The zero-order valence-electron chi connectivity index (χ0n) is 10.8. The van der Waals surface area contributed by atoms with E-state index in [4.69, 9.17) is 0 Å². The van der Waals surface area contributed by atoms with Crippen molar-refractivity contribution in [3.8, 4) is 0 Å². The minimum Gasteiger partial charge on any atom is -0.364 e. The fraction of sp³-hybridized carbons (Fsp3) is 0.333. The van der Waals surface area contributed by atoms with E-state index in [0.717, 1.165) is 13.1 Å². The predicted molar refractivity (Wildman–Crippen MR) is 76.5 cm³/mol. The molecule has 0 aliphatic carbocycles. The molecule has 0 radical (unpaired) electrons. The molecule has 0 aliphatic heterocycles. The van der Waals surface area contributed by atoms with Crippen LogP contribution in [0.25, 0.3) is 0 Å². The summed E-state index contributed by atoms with van der Waals surface area (Å²) in [6.07, 6.45) is 3.84. The molecule has 1 atom stereocenters. The van der Waals surface area contributed by atoms with E-state index in [2.05, 4.69) is 54.6 Å². The third kappa shape index (κ3) is 3.46. The van der Waals surface area contributed by atoms with Crippen LogP contribution in [-0.4, -0.2) is 20.1 Å². The van der Waals surface area contributed by atoms with E-state index < -0.39 is 0 Å². The van der Waals surface area contributed by atoms with Gasteiger partial charge in [-0.05, 0) is 25.6 Å². The van der Waals surface area contributed by atoms with E-state index in [1.165, 1.54) is 11.3 Å². The number of nitrogens with one attached hydrogen (secondary N) is 1. The van der Waals surface area contributed by atoms with Crippen LogP contribution in [0.2, 0.25) is 0 Å². The Labute approximate surface area is 105 Å². The first kappa shape index (κ1) is 13.5. The minimum atomic E-state index is 0.336. The lowest BCUT2D eigenvalue weighted by Gasteiger charge is -2.26. The molecule has 0 saturated heterocycles. The van der Waals surface area contributed by atoms with Crippen molar-refractivity contribution in [3.63, 3.8) is 0 Å². The molecule has 0 spiro atoms. The molecule has 0 fully saturated rings. The molecule has 1 aromatic rings. The van der Waals surface area contributed by atoms with E-state index in [9.17, 15) is 0 Å². The minimum absolute atomic E-state index is 0.336. The second-order valence-electron chi connectivity index (χ2n) is 4.05. The molecule has 92 valence electrons. The van der Waals surface area contributed by atoms with Gasteiger partial charge in [0.05, 0.1) is 0 Å². The van der Waals surface area contributed by atoms with Crippen molar-refractivity contribution >= 4 is 5.69 Å². The van der Waals surface area contributed by atoms with Crippen LogP contribution in [0.1, 0.15) is 18.5 Å². The van der Waals surface area contributed by atoms with Crippen molar-refractivity contribution in [1.29, 1.82) is 0 Å². The summed E-state index contributed by atoms with van der Waals surface area (Å²) in [5, 5.41) is 3.28. The summed E-state index contributed by atoms with van der Waals surface area (Å²) in [6.45, 7) is 11.5. The van der Waals surface area contributed by atoms with Crippen molar-refractivity contribution in [3.05, 3.63) is 55.1 Å². The Bertz CT molecular complexity index is 361. The van der Waals surface area contributed by atoms with Crippen LogP contribution in [0, 0.1) is 0 Å². The molecule has 0 heterocycles. The smallest absolute Gasteiger partial charge is 0.0420 e. The van der Waals surface area contributed by atoms with E-state index in [0.29, 0.717) is 6.04 Å². The summed E-state index contributed by atoms with van der Waals surface area (Å²) in [4.78, 5) is 2.27. The molecule has 0 aliphatic rings. The predicted octanol–water partition coefficient (Wildman–Crippen LogP) is 3.15. The van der Waals surface area contributed by atoms with Crippen molar-refractivity contribution < 1.29 is 0 Å². The lowest BCUT2D eigenvalue weighted by atomic mass is 10.1. The van der Waals surface area contributed by atoms with Crippen LogP contribution in [0.3, 0.4) is 0 Å². The molecular weight excluding hydrogens is 208 g/mol. The first-order chi connectivity index (χ1) is 8.24. The van der Waals surface area contributed by atoms with Crippen LogP contribution in [0.4, 0.5) is 5.69 Å². The quantitative estimate of drug-likeness (QED) is 0.724. The Morgan fingerprint density at radius 3 is 2.35 bits per heavy atom. The highest BCUT2D eigenvalue weighted by Crippen LogP contribution is 2.25. The van der Waals surface area contributed by atoms with Crippen molar-refractivity contribution in [2.45, 2.75) is 13.0 Å². The number of rotatable bonds is 7. The summed E-state index contributed by atoms with van der Waals surface area (Å²) in [7, 11) is 1.98. The maximum Gasteiger partial charge on any atom is 0.0420 e. The lowest BCUT2D eigenvalue weighted by molar-refractivity contribution is 0.650. The van der Waals surface area contributed by atoms with E-state index in [1.807, 2.05) is 19.2 Å². The Morgan fingerprint density at radius 1 is 1.24 bits per heavy atom. The van der Waals surface area contributed by atoms with Gasteiger partial charge in [-0.25, -0.2) is 0 Å². The van der Waals surface area contributed by atoms with Crippen LogP contribution in [0.5, 0.6) is 0 Å². The molecule has 17 heavy (non-hydrogen) atoms. The summed E-state index contributed by atoms with van der Waals surface area (Å²) in [5.41, 5.74) is 2.55. The highest BCUT2D eigenvalue weighted by atomic mass is 15.1. The maximum atomic E-state index is 3.81. The molecule has 2 nitrogen and oxygen atoms in total. The molecular formula is C15H22N2. The fourth-order valence-electron chi connectivity index (χ4n) is 1.88. The topological polar surface area (TPSA) is 15.3 Å². The van der Waals surface area contributed by atoms with Gasteiger partial charge in [-0.2, -0.15) is 0 Å². The maximum absolute atomic E-state index is 3.81. The van der Waals surface area contributed by atoms with Crippen LogP contribution in [0.15, 0.2) is 49.6 Å². The highest BCUT2D eigenvalue weighted by molar-refractivity contribution is 5.55. The molecule has 0 amide bonds. The second-order valence-corrected chi connectivity index (χ2v) is 4.05. The number of benzene rings is 1. The van der Waals surface area contributed by atoms with Gasteiger partial charge >= 0.3 is 0 Å². The molecule has 1 aromatic carbocycles. The molecule has 1 N–H and O–H groups in total. The van der Waals surface area contributed by atoms with E-state index in [-0.39, 0.29) is 0 Å². The van der Waals surface area contributed by atoms with Gasteiger partial charge in [-0.3, -0.25) is 0 Å². The highest BCUT2D eigenvalue weighted by Gasteiger charge is 2.12. The van der Waals surface area contributed by atoms with Crippen LogP contribution < -0.4 is 10.2 Å². The summed E-state index contributed by atoms with van der Waals surface area (Å²) in [6, 6.07) is 8.79. The van der Waals surface area contributed by atoms with Gasteiger partial charge in [-0.15, -0.1) is 13.2 Å². The molecule has 0 aromatic heterocycles. The molecule has 2 heteroatoms. The summed E-state index contributed by atoms with van der Waals surface area (Å²) >= 11 is 0. The van der Waals surface area contributed by atoms with E-state index in [1.54, 1.807) is 0 Å². The van der Waals surface area contributed by atoms with Crippen molar-refractivity contribution in [2.75, 3.05) is 25.0 Å². The van der Waals surface area contributed by atoms with Gasteiger partial charge < -0.3 is 10.2 Å². The van der Waals surface area contributed by atoms with Gasteiger partial charge in [0, 0.05) is 24.8 Å². The largest absolute Gasteiger partial charge is 0.364 e. The lowest BCUT2D eigenvalue weighted by Crippen LogP contribution is -2.26. The van der Waals surface area contributed by atoms with E-state index >= 15 is 0 Å². The first-order valence-corrected chi connectivity index (χ1v) is 5.97. The van der Waals surface area contributed by atoms with Gasteiger partial charge in [-0.1, -0.05) is 30.4 Å². The fourth-order valence-corrected chi connectivity index (χ4v) is 1.88. The zero-order chi connectivity index (χ0) is 12.7. The van der Waals surface area contributed by atoms with Crippen LogP contribution >= 0.6 is 0 Å². The SMILES string of the molecule is C=CCN(CC=C)c1ccccc1C(C)NC. The van der Waals surface area contributed by atoms with Gasteiger partial charge in [0.25, 0.3) is 0 Å². The third-order valence-electron chi connectivity index (χ3n) is 2.88. The van der Waals surface area contributed by atoms with Gasteiger partial charge in [0.1, 0.15) is 0 Å². The molecule has 1 rings (SSSR count). The normalized spacial score (nSPS) is 11.9. The number of nitrogens with zero attached hydrogens (tertiary/aromatic N) is 1. The van der Waals surface area contributed by atoms with Crippen molar-refractivity contribution in [2.24, 2.45) is 0 Å². The molecule has 0 bridgehead atoms. The second kappa shape index (κ2) is 6.92. The number of hydrogen-bond donors (Lipinski definition) is 1. The monoisotopic (exact) mass is 230 g/mol. The standard InChI is InChI=1S/C15H22N2/c1-5-11-17(12-6-2)15-10-8-7-9-14(15)13(3)16-4/h5-10,13,16H,1-2,11-12H2,3-4H3. The average molecular weight is 230 g/mol. The van der Waals surface area contributed by atoms with Gasteiger partial charge in [0.2, 0.25) is 0 Å².